The smallest absolute Gasteiger partial charge is 0.169 e. The lowest BCUT2D eigenvalue weighted by Gasteiger charge is -2.63. The minimum Gasteiger partial charge on any atom is -0.294 e. The molecule has 2 aliphatic carbocycles. The number of hydrogen-bond acceptors (Lipinski definition) is 1. The van der Waals surface area contributed by atoms with Gasteiger partial charge < -0.3 is 0 Å². The van der Waals surface area contributed by atoms with E-state index in [0.717, 1.165) is 37.7 Å². The van der Waals surface area contributed by atoms with Crippen LogP contribution in [0, 0.1) is 5.41 Å². The first-order valence-corrected chi connectivity index (χ1v) is 13.6. The third-order valence-corrected chi connectivity index (χ3v) is 9.44. The topological polar surface area (TPSA) is 17.1 Å². The van der Waals surface area contributed by atoms with Crippen LogP contribution in [-0.2, 0) is 16.2 Å². The van der Waals surface area contributed by atoms with Crippen LogP contribution in [0.25, 0.3) is 0 Å². The van der Waals surface area contributed by atoms with Crippen molar-refractivity contribution < 1.29 is 4.79 Å². The average molecular weight is 485 g/mol. The standard InChI is InChI=1S/C36H36O/c1-33(29-17-9-4-10-18-29)23-35(31-21-13-6-14-22-31)24-34(2,30-19-11-5-12-20-30)26-36(25-33,27-35)32(37)28-15-7-3-8-16-28/h3-22H,23-27H2,1-2H3. The fraction of sp³-hybridized carbons (Fsp3) is 0.306. The normalized spacial score (nSPS) is 31.0. The summed E-state index contributed by atoms with van der Waals surface area (Å²) in [5.41, 5.74) is 4.17. The summed E-state index contributed by atoms with van der Waals surface area (Å²) in [7, 11) is 0. The Morgan fingerprint density at radius 2 is 0.865 bits per heavy atom. The van der Waals surface area contributed by atoms with Crippen LogP contribution < -0.4 is 0 Å². The molecule has 2 aliphatic rings. The second-order valence-electron chi connectivity index (χ2n) is 12.4. The second kappa shape index (κ2) is 8.84. The van der Waals surface area contributed by atoms with Crippen LogP contribution in [0.1, 0.15) is 73.0 Å². The van der Waals surface area contributed by atoms with Gasteiger partial charge in [-0.15, -0.1) is 0 Å². The van der Waals surface area contributed by atoms with Gasteiger partial charge in [0.1, 0.15) is 0 Å². The number of carbonyl (C=O) groups is 1. The van der Waals surface area contributed by atoms with E-state index in [9.17, 15) is 4.79 Å². The molecule has 1 nitrogen and oxygen atoms in total. The maximum absolute atomic E-state index is 14.7. The summed E-state index contributed by atoms with van der Waals surface area (Å²) in [5.74, 6) is 0.317. The van der Waals surface area contributed by atoms with Crippen LogP contribution in [0.2, 0.25) is 0 Å². The lowest BCUT2D eigenvalue weighted by Crippen LogP contribution is -2.59. The molecule has 2 atom stereocenters. The largest absolute Gasteiger partial charge is 0.294 e. The molecule has 37 heavy (non-hydrogen) atoms. The lowest BCUT2D eigenvalue weighted by molar-refractivity contribution is -0.0183. The second-order valence-corrected chi connectivity index (χ2v) is 12.4. The zero-order valence-corrected chi connectivity index (χ0v) is 22.0. The molecule has 6 rings (SSSR count). The van der Waals surface area contributed by atoms with Gasteiger partial charge in [0.05, 0.1) is 0 Å². The van der Waals surface area contributed by atoms with Gasteiger partial charge in [-0.1, -0.05) is 135 Å². The molecule has 186 valence electrons. The summed E-state index contributed by atoms with van der Waals surface area (Å²) in [6, 6.07) is 43.0. The van der Waals surface area contributed by atoms with E-state index in [1.807, 2.05) is 30.3 Å². The molecule has 1 heteroatoms. The van der Waals surface area contributed by atoms with Crippen molar-refractivity contribution in [1.29, 1.82) is 0 Å². The molecule has 2 fully saturated rings. The molecule has 0 radical (unpaired) electrons. The van der Waals surface area contributed by atoms with Gasteiger partial charge in [0, 0.05) is 11.0 Å². The predicted octanol–water partition coefficient (Wildman–Crippen LogP) is 8.69. The van der Waals surface area contributed by atoms with E-state index < -0.39 is 5.41 Å². The van der Waals surface area contributed by atoms with Crippen molar-refractivity contribution in [3.05, 3.63) is 144 Å². The molecule has 0 spiro atoms. The lowest BCUT2D eigenvalue weighted by atomic mass is 9.40. The van der Waals surface area contributed by atoms with E-state index in [4.69, 9.17) is 0 Å². The Kier molecular flexibility index (Phi) is 5.71. The fourth-order valence-electron chi connectivity index (χ4n) is 8.46. The third kappa shape index (κ3) is 4.06. The molecule has 2 saturated carbocycles. The van der Waals surface area contributed by atoms with Gasteiger partial charge in [-0.05, 0) is 65.0 Å². The van der Waals surface area contributed by atoms with Gasteiger partial charge in [0.25, 0.3) is 0 Å². The summed E-state index contributed by atoms with van der Waals surface area (Å²) in [5, 5.41) is 0. The number of carbonyl (C=O) groups excluding carboxylic acids is 1. The Labute approximate surface area is 221 Å². The molecule has 4 aromatic carbocycles. The van der Waals surface area contributed by atoms with Crippen molar-refractivity contribution in [3.8, 4) is 0 Å². The molecule has 0 amide bonds. The Morgan fingerprint density at radius 1 is 0.486 bits per heavy atom. The van der Waals surface area contributed by atoms with E-state index in [-0.39, 0.29) is 16.2 Å². The van der Waals surface area contributed by atoms with Gasteiger partial charge in [-0.25, -0.2) is 0 Å². The van der Waals surface area contributed by atoms with E-state index in [0.29, 0.717) is 5.78 Å². The van der Waals surface area contributed by atoms with Crippen LogP contribution in [0.15, 0.2) is 121 Å². The fourth-order valence-corrected chi connectivity index (χ4v) is 8.46. The SMILES string of the molecule is CC1(c2ccccc2)CC2(C(=O)c3ccccc3)CC(C)(c3ccccc3)CC(c3ccccc3)(C2)C1. The third-order valence-electron chi connectivity index (χ3n) is 9.44. The van der Waals surface area contributed by atoms with Crippen LogP contribution in [0.3, 0.4) is 0 Å². The first kappa shape index (κ1) is 23.9. The van der Waals surface area contributed by atoms with Crippen LogP contribution in [0.5, 0.6) is 0 Å². The predicted molar refractivity (Wildman–Crippen MR) is 152 cm³/mol. The zero-order chi connectivity index (χ0) is 25.6. The minimum atomic E-state index is -0.455. The average Bonchev–Trinajstić information content (AvgIpc) is 2.94. The van der Waals surface area contributed by atoms with Crippen LogP contribution in [-0.4, -0.2) is 5.78 Å². The highest BCUT2D eigenvalue weighted by atomic mass is 16.1. The van der Waals surface area contributed by atoms with E-state index in [2.05, 4.69) is 105 Å². The Hall–Kier alpha value is -3.45. The summed E-state index contributed by atoms with van der Waals surface area (Å²) in [6.07, 6.45) is 4.73. The summed E-state index contributed by atoms with van der Waals surface area (Å²) >= 11 is 0. The van der Waals surface area contributed by atoms with Gasteiger partial charge >= 0.3 is 0 Å². The Morgan fingerprint density at radius 3 is 1.30 bits per heavy atom. The monoisotopic (exact) mass is 484 g/mol. The molecule has 2 unspecified atom stereocenters. The Bertz CT molecular complexity index is 1310. The molecule has 0 heterocycles. The molecular weight excluding hydrogens is 448 g/mol. The molecule has 0 aromatic heterocycles. The first-order chi connectivity index (χ1) is 17.9. The maximum Gasteiger partial charge on any atom is 0.169 e. The summed E-state index contributed by atoms with van der Waals surface area (Å²) in [4.78, 5) is 14.7. The highest BCUT2D eigenvalue weighted by Crippen LogP contribution is 2.67. The van der Waals surface area contributed by atoms with Gasteiger partial charge in [-0.2, -0.15) is 0 Å². The highest BCUT2D eigenvalue weighted by molar-refractivity contribution is 6.01. The number of ketones is 1. The minimum absolute atomic E-state index is 0.0994. The van der Waals surface area contributed by atoms with Gasteiger partial charge in [0.15, 0.2) is 5.78 Å². The Balaban J connectivity index is 1.60. The van der Waals surface area contributed by atoms with Crippen molar-refractivity contribution in [2.45, 2.75) is 62.2 Å². The van der Waals surface area contributed by atoms with Gasteiger partial charge in [-0.3, -0.25) is 4.79 Å². The van der Waals surface area contributed by atoms with Crippen LogP contribution >= 0.6 is 0 Å². The number of fused-ring (bicyclic) bond motifs is 2. The van der Waals surface area contributed by atoms with Gasteiger partial charge in [0.2, 0.25) is 0 Å². The summed E-state index contributed by atoms with van der Waals surface area (Å²) in [6.45, 7) is 4.83. The van der Waals surface area contributed by atoms with Crippen molar-refractivity contribution >= 4 is 5.78 Å². The maximum atomic E-state index is 14.7. The number of rotatable bonds is 5. The molecule has 0 saturated heterocycles. The molecule has 2 bridgehead atoms. The summed E-state index contributed by atoms with van der Waals surface area (Å²) < 4.78 is 0. The van der Waals surface area contributed by atoms with Crippen molar-refractivity contribution in [3.63, 3.8) is 0 Å². The van der Waals surface area contributed by atoms with Crippen LogP contribution in [0.4, 0.5) is 0 Å². The van der Waals surface area contributed by atoms with Crippen molar-refractivity contribution in [2.75, 3.05) is 0 Å². The van der Waals surface area contributed by atoms with Crippen molar-refractivity contribution in [2.24, 2.45) is 5.41 Å². The van der Waals surface area contributed by atoms with E-state index >= 15 is 0 Å². The van der Waals surface area contributed by atoms with E-state index in [1.165, 1.54) is 16.7 Å². The number of Topliss-reactive ketones (excluding diaryl/α,β-unsaturated/α-hetero) is 1. The zero-order valence-electron chi connectivity index (χ0n) is 22.0. The van der Waals surface area contributed by atoms with E-state index in [1.54, 1.807) is 0 Å². The molecule has 0 N–H and O–H groups in total. The first-order valence-electron chi connectivity index (χ1n) is 13.6. The highest BCUT2D eigenvalue weighted by Gasteiger charge is 2.63. The number of hydrogen-bond donors (Lipinski definition) is 0. The number of benzene rings is 4. The van der Waals surface area contributed by atoms with Crippen molar-refractivity contribution in [1.82, 2.24) is 0 Å². The quantitative estimate of drug-likeness (QED) is 0.259. The molecular formula is C36H36O. The molecule has 0 aliphatic heterocycles. The molecule has 4 aromatic rings.